The van der Waals surface area contributed by atoms with Crippen LogP contribution in [0.1, 0.15) is 51.3 Å². The normalized spacial score (nSPS) is 24.3. The van der Waals surface area contributed by atoms with E-state index in [9.17, 15) is 4.79 Å². The Morgan fingerprint density at radius 2 is 2.00 bits per heavy atom. The summed E-state index contributed by atoms with van der Waals surface area (Å²) < 4.78 is 5.43. The summed E-state index contributed by atoms with van der Waals surface area (Å²) in [5, 5.41) is 10.2. The lowest BCUT2D eigenvalue weighted by Gasteiger charge is -2.36. The number of nitrogens with zero attached hydrogens (tertiary/aromatic N) is 3. The molecule has 2 atom stereocenters. The van der Waals surface area contributed by atoms with Crippen molar-refractivity contribution in [2.75, 3.05) is 12.4 Å². The predicted octanol–water partition coefficient (Wildman–Crippen LogP) is 3.83. The molecule has 0 radical (unpaired) electrons. The zero-order valence-corrected chi connectivity index (χ0v) is 16.6. The van der Waals surface area contributed by atoms with Gasteiger partial charge in [-0.15, -0.1) is 0 Å². The predicted molar refractivity (Wildman–Crippen MR) is 108 cm³/mol. The molecule has 2 saturated heterocycles. The number of rotatable bonds is 6. The molecule has 7 heteroatoms. The van der Waals surface area contributed by atoms with Crippen molar-refractivity contribution in [3.63, 3.8) is 0 Å². The van der Waals surface area contributed by atoms with Gasteiger partial charge in [0, 0.05) is 24.5 Å². The van der Waals surface area contributed by atoms with Gasteiger partial charge < -0.3 is 20.1 Å². The van der Waals surface area contributed by atoms with E-state index in [0.29, 0.717) is 29.5 Å². The Hall–Kier alpha value is -2.41. The van der Waals surface area contributed by atoms with Crippen molar-refractivity contribution < 1.29 is 9.32 Å². The van der Waals surface area contributed by atoms with E-state index in [4.69, 9.17) is 4.52 Å². The third kappa shape index (κ3) is 4.04. The van der Waals surface area contributed by atoms with E-state index in [1.165, 1.54) is 12.8 Å². The van der Waals surface area contributed by atoms with Crippen molar-refractivity contribution in [1.82, 2.24) is 20.4 Å². The molecule has 3 heterocycles. The van der Waals surface area contributed by atoms with Crippen LogP contribution in [0.5, 0.6) is 0 Å². The quantitative estimate of drug-likeness (QED) is 0.792. The first-order valence-electron chi connectivity index (χ1n) is 10.4. The zero-order valence-electron chi connectivity index (χ0n) is 16.6. The number of unbranched alkanes of at least 4 members (excludes halogenated alkanes) is 1. The Kier molecular flexibility index (Phi) is 5.62. The number of fused-ring (bicyclic) bond motifs is 2. The molecule has 4 rings (SSSR count). The molecule has 2 amide bonds. The fourth-order valence-electron chi connectivity index (χ4n) is 4.45. The number of hydrogen-bond acceptors (Lipinski definition) is 5. The minimum Gasteiger partial charge on any atom is -0.335 e. The largest absolute Gasteiger partial charge is 0.335 e. The molecule has 2 aliphatic rings. The van der Waals surface area contributed by atoms with Gasteiger partial charge in [-0.3, -0.25) is 0 Å². The lowest BCUT2D eigenvalue weighted by atomic mass is 9.98. The first-order chi connectivity index (χ1) is 13.6. The smallest absolute Gasteiger partial charge is 0.319 e. The lowest BCUT2D eigenvalue weighted by molar-refractivity contribution is 0.151. The average Bonchev–Trinajstić information content (AvgIpc) is 3.22. The maximum atomic E-state index is 12.6. The average molecular weight is 383 g/mol. The number of benzene rings is 1. The van der Waals surface area contributed by atoms with Crippen LogP contribution < -0.4 is 10.6 Å². The lowest BCUT2D eigenvalue weighted by Crippen LogP contribution is -2.49. The van der Waals surface area contributed by atoms with Crippen LogP contribution in [0.2, 0.25) is 0 Å². The van der Waals surface area contributed by atoms with E-state index in [2.05, 4.69) is 39.6 Å². The maximum absolute atomic E-state index is 12.6. The molecule has 2 bridgehead atoms. The molecule has 1 aromatic heterocycles. The first-order valence-corrected chi connectivity index (χ1v) is 10.4. The van der Waals surface area contributed by atoms with Crippen molar-refractivity contribution in [3.8, 4) is 11.5 Å². The summed E-state index contributed by atoms with van der Waals surface area (Å²) in [7, 11) is 2.20. The SMILES string of the molecule is CCCCc1noc(-c2ccccc2NC(=O)NC2CC3CCC(C2)N3C)n1. The molecule has 0 spiro atoms. The monoisotopic (exact) mass is 383 g/mol. The Labute approximate surface area is 165 Å². The van der Waals surface area contributed by atoms with Crippen molar-refractivity contribution in [2.24, 2.45) is 0 Å². The maximum Gasteiger partial charge on any atom is 0.319 e. The molecule has 2 N–H and O–H groups in total. The second-order valence-corrected chi connectivity index (χ2v) is 7.98. The highest BCUT2D eigenvalue weighted by molar-refractivity contribution is 5.93. The minimum absolute atomic E-state index is 0.174. The highest BCUT2D eigenvalue weighted by Gasteiger charge is 2.38. The number of piperidine rings is 1. The summed E-state index contributed by atoms with van der Waals surface area (Å²) in [4.78, 5) is 19.6. The van der Waals surface area contributed by atoms with Gasteiger partial charge in [0.05, 0.1) is 11.3 Å². The van der Waals surface area contributed by atoms with Crippen LogP contribution in [0, 0.1) is 0 Å². The molecule has 2 aliphatic heterocycles. The van der Waals surface area contributed by atoms with E-state index < -0.39 is 0 Å². The molecule has 28 heavy (non-hydrogen) atoms. The third-order valence-corrected chi connectivity index (χ3v) is 6.06. The van der Waals surface area contributed by atoms with Crippen LogP contribution in [0.3, 0.4) is 0 Å². The van der Waals surface area contributed by atoms with Crippen LogP contribution in [0.4, 0.5) is 10.5 Å². The molecule has 0 aliphatic carbocycles. The summed E-state index contributed by atoms with van der Waals surface area (Å²) in [6, 6.07) is 8.79. The number of aryl methyl sites for hydroxylation is 1. The number of carbonyl (C=O) groups is 1. The van der Waals surface area contributed by atoms with E-state index in [0.717, 1.165) is 37.7 Å². The summed E-state index contributed by atoms with van der Waals surface area (Å²) in [6.45, 7) is 2.13. The van der Waals surface area contributed by atoms with Gasteiger partial charge in [-0.05, 0) is 51.3 Å². The Morgan fingerprint density at radius 1 is 1.25 bits per heavy atom. The van der Waals surface area contributed by atoms with Crippen LogP contribution in [0.25, 0.3) is 11.5 Å². The first kappa shape index (κ1) is 18.9. The summed E-state index contributed by atoms with van der Waals surface area (Å²) in [5.74, 6) is 1.15. The Morgan fingerprint density at radius 3 is 2.75 bits per heavy atom. The van der Waals surface area contributed by atoms with E-state index >= 15 is 0 Å². The number of urea groups is 1. The molecule has 7 nitrogen and oxygen atoms in total. The molecule has 150 valence electrons. The standard InChI is InChI=1S/C21H29N5O2/c1-3-4-9-19-24-20(28-25-19)17-7-5-6-8-18(17)23-21(27)22-14-12-15-10-11-16(13-14)26(15)2/h5-8,14-16H,3-4,9-13H2,1-2H3,(H2,22,23,27). The van der Waals surface area contributed by atoms with Gasteiger partial charge in [0.25, 0.3) is 5.89 Å². The van der Waals surface area contributed by atoms with Crippen molar-refractivity contribution >= 4 is 11.7 Å². The van der Waals surface area contributed by atoms with Crippen LogP contribution >= 0.6 is 0 Å². The zero-order chi connectivity index (χ0) is 19.5. The highest BCUT2D eigenvalue weighted by atomic mass is 16.5. The summed E-state index contributed by atoms with van der Waals surface area (Å²) >= 11 is 0. The van der Waals surface area contributed by atoms with Crippen LogP contribution in [-0.2, 0) is 6.42 Å². The number of hydrogen-bond donors (Lipinski definition) is 2. The number of carbonyl (C=O) groups excluding carboxylic acids is 1. The second-order valence-electron chi connectivity index (χ2n) is 7.98. The number of amides is 2. The molecule has 2 fully saturated rings. The van der Waals surface area contributed by atoms with E-state index in [1.807, 2.05) is 24.3 Å². The number of para-hydroxylation sites is 1. The van der Waals surface area contributed by atoms with Gasteiger partial charge in [0.2, 0.25) is 0 Å². The minimum atomic E-state index is -0.174. The van der Waals surface area contributed by atoms with E-state index in [-0.39, 0.29) is 12.1 Å². The number of nitrogens with one attached hydrogen (secondary N) is 2. The molecule has 0 saturated carbocycles. The van der Waals surface area contributed by atoms with E-state index in [1.54, 1.807) is 0 Å². The van der Waals surface area contributed by atoms with Gasteiger partial charge in [-0.25, -0.2) is 4.79 Å². The fraction of sp³-hybridized carbons (Fsp3) is 0.571. The van der Waals surface area contributed by atoms with Gasteiger partial charge >= 0.3 is 6.03 Å². The molecular formula is C21H29N5O2. The third-order valence-electron chi connectivity index (χ3n) is 6.06. The molecule has 2 unspecified atom stereocenters. The topological polar surface area (TPSA) is 83.3 Å². The fourth-order valence-corrected chi connectivity index (χ4v) is 4.45. The number of anilines is 1. The molecule has 2 aromatic rings. The summed E-state index contributed by atoms with van der Waals surface area (Å²) in [6.07, 6.45) is 7.43. The Bertz CT molecular complexity index is 807. The highest BCUT2D eigenvalue weighted by Crippen LogP contribution is 2.34. The number of aromatic nitrogens is 2. The molecular weight excluding hydrogens is 354 g/mol. The molecule has 1 aromatic carbocycles. The van der Waals surface area contributed by atoms with Crippen LogP contribution in [0.15, 0.2) is 28.8 Å². The van der Waals surface area contributed by atoms with Crippen molar-refractivity contribution in [3.05, 3.63) is 30.1 Å². The van der Waals surface area contributed by atoms with Gasteiger partial charge in [-0.1, -0.05) is 30.6 Å². The van der Waals surface area contributed by atoms with Crippen molar-refractivity contribution in [2.45, 2.75) is 70.0 Å². The van der Waals surface area contributed by atoms with Gasteiger partial charge in [-0.2, -0.15) is 4.98 Å². The van der Waals surface area contributed by atoms with Gasteiger partial charge in [0.1, 0.15) is 0 Å². The summed E-state index contributed by atoms with van der Waals surface area (Å²) in [5.41, 5.74) is 1.43. The van der Waals surface area contributed by atoms with Gasteiger partial charge in [0.15, 0.2) is 5.82 Å². The second kappa shape index (κ2) is 8.31. The Balaban J connectivity index is 1.41. The van der Waals surface area contributed by atoms with Crippen LogP contribution in [-0.4, -0.2) is 46.2 Å². The van der Waals surface area contributed by atoms with Crippen molar-refractivity contribution in [1.29, 1.82) is 0 Å².